The van der Waals surface area contributed by atoms with Crippen LogP contribution in [0.3, 0.4) is 0 Å². The zero-order valence-corrected chi connectivity index (χ0v) is 16.9. The van der Waals surface area contributed by atoms with Gasteiger partial charge in [0.25, 0.3) is 5.91 Å². The second-order valence-corrected chi connectivity index (χ2v) is 7.85. The van der Waals surface area contributed by atoms with Gasteiger partial charge >= 0.3 is 6.18 Å². The topological polar surface area (TPSA) is 75.1 Å². The van der Waals surface area contributed by atoms with E-state index < -0.39 is 40.7 Å². The minimum Gasteiger partial charge on any atom is -0.387 e. The largest absolute Gasteiger partial charge is 0.433 e. The lowest BCUT2D eigenvalue weighted by Gasteiger charge is -2.40. The van der Waals surface area contributed by atoms with Crippen molar-refractivity contribution < 1.29 is 27.5 Å². The van der Waals surface area contributed by atoms with Crippen molar-refractivity contribution in [3.63, 3.8) is 0 Å². The van der Waals surface area contributed by atoms with E-state index in [1.807, 2.05) is 0 Å². The Morgan fingerprint density at radius 2 is 1.83 bits per heavy atom. The molecule has 0 radical (unpaired) electrons. The molecule has 1 amide bonds. The Kier molecular flexibility index (Phi) is 6.54. The van der Waals surface area contributed by atoms with Gasteiger partial charge in [-0.05, 0) is 49.9 Å². The maximum atomic E-state index is 13.6. The average molecular weight is 466 g/mol. The summed E-state index contributed by atoms with van der Waals surface area (Å²) in [5, 5.41) is 13.2. The molecule has 1 atom stereocenters. The van der Waals surface area contributed by atoms with Crippen molar-refractivity contribution in [2.45, 2.75) is 49.7 Å². The van der Waals surface area contributed by atoms with Gasteiger partial charge in [-0.15, -0.1) is 0 Å². The number of nitrogens with one attached hydrogen (secondary N) is 1. The first kappa shape index (κ1) is 22.7. The maximum absolute atomic E-state index is 13.6. The number of rotatable bonds is 4. The van der Waals surface area contributed by atoms with Crippen LogP contribution in [0.4, 0.5) is 17.6 Å². The highest BCUT2D eigenvalue weighted by atomic mass is 35.5. The monoisotopic (exact) mass is 465 g/mol. The highest BCUT2D eigenvalue weighted by Crippen LogP contribution is 2.39. The summed E-state index contributed by atoms with van der Waals surface area (Å²) in [5.74, 6) is -0.858. The number of pyridine rings is 2. The van der Waals surface area contributed by atoms with Gasteiger partial charge in [0.1, 0.15) is 28.2 Å². The molecule has 0 aromatic carbocycles. The van der Waals surface area contributed by atoms with E-state index in [4.69, 9.17) is 23.2 Å². The van der Waals surface area contributed by atoms with Crippen molar-refractivity contribution in [3.8, 4) is 0 Å². The molecule has 2 N–H and O–H groups in total. The molecule has 5 nitrogen and oxygen atoms in total. The van der Waals surface area contributed by atoms with Gasteiger partial charge in [-0.25, -0.2) is 14.4 Å². The molecule has 2 aromatic heterocycles. The Hall–Kier alpha value is -1.97. The van der Waals surface area contributed by atoms with Gasteiger partial charge in [-0.2, -0.15) is 13.2 Å². The quantitative estimate of drug-likeness (QED) is 0.496. The smallest absolute Gasteiger partial charge is 0.387 e. The van der Waals surface area contributed by atoms with Gasteiger partial charge in [-0.1, -0.05) is 29.3 Å². The van der Waals surface area contributed by atoms with E-state index in [9.17, 15) is 27.5 Å². The van der Waals surface area contributed by atoms with Crippen LogP contribution in [0.1, 0.15) is 53.5 Å². The molecule has 1 saturated carbocycles. The van der Waals surface area contributed by atoms with Gasteiger partial charge in [0.15, 0.2) is 0 Å². The van der Waals surface area contributed by atoms with E-state index in [-0.39, 0.29) is 42.1 Å². The zero-order chi connectivity index (χ0) is 22.1. The van der Waals surface area contributed by atoms with Crippen molar-refractivity contribution in [1.29, 1.82) is 0 Å². The van der Waals surface area contributed by atoms with Gasteiger partial charge in [-0.3, -0.25) is 4.79 Å². The van der Waals surface area contributed by atoms with Gasteiger partial charge < -0.3 is 10.4 Å². The Balaban J connectivity index is 1.92. The summed E-state index contributed by atoms with van der Waals surface area (Å²) in [6, 6.07) is 5.05. The summed E-state index contributed by atoms with van der Waals surface area (Å²) in [7, 11) is 0. The van der Waals surface area contributed by atoms with Crippen LogP contribution in [-0.2, 0) is 6.18 Å². The number of aliphatic hydroxyl groups is 1. The van der Waals surface area contributed by atoms with Crippen LogP contribution < -0.4 is 5.32 Å². The van der Waals surface area contributed by atoms with Crippen molar-refractivity contribution in [1.82, 2.24) is 15.3 Å². The van der Waals surface area contributed by atoms with Crippen LogP contribution in [-0.4, -0.2) is 32.8 Å². The number of hydrogen-bond acceptors (Lipinski definition) is 4. The van der Waals surface area contributed by atoms with Crippen LogP contribution in [0.5, 0.6) is 0 Å². The number of alkyl halides is 4. The standard InChI is InChI=1S/C19H17Cl2F4N3O2/c20-14-3-1-2-12(26-14)15(18(30)8-6-10(22)7-9-18)28-17(29)11-4-5-13(19(23,24)25)27-16(11)21/h1-5,10,15,30H,6-9H2,(H,28,29). The third-order valence-corrected chi connectivity index (χ3v) is 5.51. The van der Waals surface area contributed by atoms with Crippen LogP contribution in [0.2, 0.25) is 10.3 Å². The Bertz CT molecular complexity index is 934. The summed E-state index contributed by atoms with van der Waals surface area (Å²) in [6.07, 6.45) is -5.51. The number of amides is 1. The van der Waals surface area contributed by atoms with E-state index in [2.05, 4.69) is 15.3 Å². The molecule has 162 valence electrons. The number of hydrogen-bond donors (Lipinski definition) is 2. The van der Waals surface area contributed by atoms with Crippen LogP contribution >= 0.6 is 23.2 Å². The van der Waals surface area contributed by atoms with Crippen LogP contribution in [0.15, 0.2) is 30.3 Å². The average Bonchev–Trinajstić information content (AvgIpc) is 2.67. The molecule has 11 heteroatoms. The lowest BCUT2D eigenvalue weighted by atomic mass is 9.77. The normalized spacial score (nSPS) is 23.1. The highest BCUT2D eigenvalue weighted by molar-refractivity contribution is 6.32. The Labute approximate surface area is 179 Å². The van der Waals surface area contributed by atoms with Gasteiger partial charge in [0.2, 0.25) is 0 Å². The minimum absolute atomic E-state index is 0.0479. The number of aromatic nitrogens is 2. The lowest BCUT2D eigenvalue weighted by Crippen LogP contribution is -2.49. The summed E-state index contributed by atoms with van der Waals surface area (Å²) in [4.78, 5) is 20.1. The summed E-state index contributed by atoms with van der Waals surface area (Å²) in [6.45, 7) is 0. The molecule has 30 heavy (non-hydrogen) atoms. The molecule has 0 bridgehead atoms. The van der Waals surface area contributed by atoms with Crippen molar-refractivity contribution in [2.75, 3.05) is 0 Å². The summed E-state index contributed by atoms with van der Waals surface area (Å²) in [5.41, 5.74) is -2.84. The summed E-state index contributed by atoms with van der Waals surface area (Å²) < 4.78 is 52.0. The fourth-order valence-electron chi connectivity index (χ4n) is 3.41. The molecule has 1 unspecified atom stereocenters. The number of carbonyl (C=O) groups excluding carboxylic acids is 1. The number of halogens is 6. The first-order valence-electron chi connectivity index (χ1n) is 9.03. The van der Waals surface area contributed by atoms with Crippen LogP contribution in [0.25, 0.3) is 0 Å². The SMILES string of the molecule is O=C(NC(c1cccc(Cl)n1)C1(O)CCC(F)CC1)c1ccc(C(F)(F)F)nc1Cl. The van der Waals surface area contributed by atoms with Crippen molar-refractivity contribution >= 4 is 29.1 Å². The predicted octanol–water partition coefficient (Wildman–Crippen LogP) is 4.92. The van der Waals surface area contributed by atoms with E-state index in [1.54, 1.807) is 6.07 Å². The van der Waals surface area contributed by atoms with E-state index >= 15 is 0 Å². The second-order valence-electron chi connectivity index (χ2n) is 7.10. The fraction of sp³-hybridized carbons (Fsp3) is 0.421. The highest BCUT2D eigenvalue weighted by Gasteiger charge is 2.43. The Morgan fingerprint density at radius 3 is 2.40 bits per heavy atom. The lowest BCUT2D eigenvalue weighted by molar-refractivity contribution is -0.141. The first-order valence-corrected chi connectivity index (χ1v) is 9.79. The number of carbonyl (C=O) groups is 1. The molecule has 0 aliphatic heterocycles. The predicted molar refractivity (Wildman–Crippen MR) is 102 cm³/mol. The molecule has 2 heterocycles. The molecule has 0 saturated heterocycles. The van der Waals surface area contributed by atoms with E-state index in [0.29, 0.717) is 6.07 Å². The van der Waals surface area contributed by atoms with Crippen molar-refractivity contribution in [3.05, 3.63) is 57.6 Å². The van der Waals surface area contributed by atoms with Crippen LogP contribution in [0, 0.1) is 0 Å². The third kappa shape index (κ3) is 5.01. The number of nitrogens with zero attached hydrogens (tertiary/aromatic N) is 2. The first-order chi connectivity index (χ1) is 14.0. The third-order valence-electron chi connectivity index (χ3n) is 5.01. The fourth-order valence-corrected chi connectivity index (χ4v) is 3.82. The molecule has 1 aliphatic rings. The van der Waals surface area contributed by atoms with E-state index in [1.165, 1.54) is 12.1 Å². The van der Waals surface area contributed by atoms with Crippen molar-refractivity contribution in [2.24, 2.45) is 0 Å². The summed E-state index contributed by atoms with van der Waals surface area (Å²) >= 11 is 11.7. The molecule has 0 spiro atoms. The molecular weight excluding hydrogens is 449 g/mol. The Morgan fingerprint density at radius 1 is 1.17 bits per heavy atom. The second kappa shape index (κ2) is 8.64. The minimum atomic E-state index is -4.72. The molecule has 3 rings (SSSR count). The maximum Gasteiger partial charge on any atom is 0.433 e. The molecule has 1 fully saturated rings. The zero-order valence-electron chi connectivity index (χ0n) is 15.4. The van der Waals surface area contributed by atoms with Gasteiger partial charge in [0, 0.05) is 0 Å². The van der Waals surface area contributed by atoms with Gasteiger partial charge in [0.05, 0.1) is 16.9 Å². The molecule has 2 aromatic rings. The van der Waals surface area contributed by atoms with E-state index in [0.717, 1.165) is 6.07 Å². The molecule has 1 aliphatic carbocycles. The molecular formula is C19H17Cl2F4N3O2.